The molecule has 2 fully saturated rings. The van der Waals surface area contributed by atoms with Crippen LogP contribution >= 0.6 is 0 Å². The van der Waals surface area contributed by atoms with Crippen LogP contribution < -0.4 is 10.1 Å². The van der Waals surface area contributed by atoms with Crippen molar-refractivity contribution in [3.63, 3.8) is 0 Å². The van der Waals surface area contributed by atoms with Gasteiger partial charge in [0.25, 0.3) is 0 Å². The number of ether oxygens (including phenoxy) is 2. The van der Waals surface area contributed by atoms with Crippen LogP contribution in [0.5, 0.6) is 5.75 Å². The Morgan fingerprint density at radius 2 is 1.71 bits per heavy atom. The minimum atomic E-state index is -1.78. The van der Waals surface area contributed by atoms with E-state index < -0.39 is 46.7 Å². The summed E-state index contributed by atoms with van der Waals surface area (Å²) in [6.45, 7) is 5.21. The summed E-state index contributed by atoms with van der Waals surface area (Å²) in [5, 5.41) is 13.6. The van der Waals surface area contributed by atoms with Gasteiger partial charge in [-0.15, -0.1) is 0 Å². The second kappa shape index (κ2) is 8.85. The molecule has 2 aromatic carbocycles. The normalized spacial score (nSPS) is 26.6. The highest BCUT2D eigenvalue weighted by Crippen LogP contribution is 2.51. The van der Waals surface area contributed by atoms with Gasteiger partial charge in [-0.05, 0) is 32.4 Å². The summed E-state index contributed by atoms with van der Waals surface area (Å²) >= 11 is 0. The van der Waals surface area contributed by atoms with E-state index in [1.165, 1.54) is 12.0 Å². The Labute approximate surface area is 198 Å². The van der Waals surface area contributed by atoms with Gasteiger partial charge in [-0.3, -0.25) is 24.6 Å². The molecule has 2 N–H and O–H groups in total. The molecule has 34 heavy (non-hydrogen) atoms. The number of nitrogens with one attached hydrogen (secondary N) is 1. The molecule has 2 aromatic rings. The first-order valence-corrected chi connectivity index (χ1v) is 11.3. The van der Waals surface area contributed by atoms with Crippen LogP contribution in [0.3, 0.4) is 0 Å². The zero-order valence-corrected chi connectivity index (χ0v) is 19.8. The second-order valence-electron chi connectivity index (χ2n) is 9.81. The number of hydrogen-bond donors (Lipinski definition) is 2. The molecule has 2 aliphatic rings. The lowest BCUT2D eigenvalue weighted by Gasteiger charge is -2.35. The molecule has 0 spiro atoms. The van der Waals surface area contributed by atoms with Crippen LogP contribution in [-0.2, 0) is 25.7 Å². The molecule has 2 heterocycles. The number of hydrogen-bond acceptors (Lipinski definition) is 6. The predicted octanol–water partition coefficient (Wildman–Crippen LogP) is 2.78. The van der Waals surface area contributed by atoms with Gasteiger partial charge in [0.15, 0.2) is 5.54 Å². The summed E-state index contributed by atoms with van der Waals surface area (Å²) in [7, 11) is 1.52. The van der Waals surface area contributed by atoms with Gasteiger partial charge in [-0.2, -0.15) is 0 Å². The summed E-state index contributed by atoms with van der Waals surface area (Å²) in [4.78, 5) is 41.3. The Bertz CT molecular complexity index is 1100. The van der Waals surface area contributed by atoms with E-state index >= 15 is 0 Å². The Morgan fingerprint density at radius 1 is 1.06 bits per heavy atom. The number of amides is 2. The smallest absolute Gasteiger partial charge is 0.327 e. The number of carbonyl (C=O) groups is 3. The van der Waals surface area contributed by atoms with Gasteiger partial charge >= 0.3 is 5.97 Å². The molecule has 2 amide bonds. The van der Waals surface area contributed by atoms with Gasteiger partial charge in [-0.1, -0.05) is 48.5 Å². The molecular weight excluding hydrogens is 436 g/mol. The molecule has 4 rings (SSSR count). The maximum absolute atomic E-state index is 13.6. The highest BCUT2D eigenvalue weighted by molar-refractivity contribution is 6.10. The van der Waals surface area contributed by atoms with Gasteiger partial charge in [-0.25, -0.2) is 0 Å². The van der Waals surface area contributed by atoms with E-state index in [9.17, 15) is 19.5 Å². The monoisotopic (exact) mass is 466 g/mol. The van der Waals surface area contributed by atoms with E-state index in [1.807, 2.05) is 30.3 Å². The van der Waals surface area contributed by atoms with Gasteiger partial charge in [0, 0.05) is 17.1 Å². The first kappa shape index (κ1) is 23.9. The van der Waals surface area contributed by atoms with Crippen LogP contribution in [0.15, 0.2) is 54.6 Å². The number of carboxylic acid groups (broad SMARTS) is 1. The van der Waals surface area contributed by atoms with Crippen LogP contribution in [0.4, 0.5) is 0 Å². The molecule has 2 saturated heterocycles. The quantitative estimate of drug-likeness (QED) is 0.605. The van der Waals surface area contributed by atoms with E-state index in [0.717, 1.165) is 5.56 Å². The van der Waals surface area contributed by atoms with Crippen molar-refractivity contribution < 1.29 is 29.0 Å². The molecule has 4 unspecified atom stereocenters. The molecular formula is C26H30N2O6. The lowest BCUT2D eigenvalue weighted by atomic mass is 9.79. The molecule has 2 aliphatic heterocycles. The summed E-state index contributed by atoms with van der Waals surface area (Å²) in [5.74, 6) is -3.64. The summed E-state index contributed by atoms with van der Waals surface area (Å²) in [6, 6.07) is 15.8. The van der Waals surface area contributed by atoms with Crippen molar-refractivity contribution in [3.8, 4) is 5.75 Å². The number of carboxylic acids is 1. The molecule has 8 heteroatoms. The Hall–Kier alpha value is -3.23. The SMILES string of the molecule is COc1ccccc1C1NC(COCc2ccccc2)(C(=O)O)C2C(=O)N(C(C)(C)C)C(=O)C12. The van der Waals surface area contributed by atoms with Gasteiger partial charge in [0.2, 0.25) is 11.8 Å². The van der Waals surface area contributed by atoms with E-state index in [-0.39, 0.29) is 13.2 Å². The first-order chi connectivity index (χ1) is 16.1. The zero-order valence-electron chi connectivity index (χ0n) is 19.8. The average molecular weight is 467 g/mol. The number of nitrogens with zero attached hydrogens (tertiary/aromatic N) is 1. The number of para-hydroxylation sites is 1. The first-order valence-electron chi connectivity index (χ1n) is 11.3. The second-order valence-corrected chi connectivity index (χ2v) is 9.81. The third kappa shape index (κ3) is 3.86. The van der Waals surface area contributed by atoms with Crippen molar-refractivity contribution in [1.82, 2.24) is 10.2 Å². The van der Waals surface area contributed by atoms with Crippen molar-refractivity contribution in [3.05, 3.63) is 65.7 Å². The van der Waals surface area contributed by atoms with Crippen molar-refractivity contribution in [2.24, 2.45) is 11.8 Å². The van der Waals surface area contributed by atoms with Gasteiger partial charge < -0.3 is 14.6 Å². The van der Waals surface area contributed by atoms with Crippen LogP contribution in [-0.4, -0.2) is 52.6 Å². The highest BCUT2D eigenvalue weighted by Gasteiger charge is 2.70. The topological polar surface area (TPSA) is 105 Å². The number of fused-ring (bicyclic) bond motifs is 1. The van der Waals surface area contributed by atoms with Gasteiger partial charge in [0.1, 0.15) is 5.75 Å². The molecule has 0 aromatic heterocycles. The number of rotatable bonds is 7. The van der Waals surface area contributed by atoms with Crippen LogP contribution in [0.25, 0.3) is 0 Å². The largest absolute Gasteiger partial charge is 0.496 e. The zero-order chi connectivity index (χ0) is 24.7. The Morgan fingerprint density at radius 3 is 2.32 bits per heavy atom. The Balaban J connectivity index is 1.77. The third-order valence-corrected chi connectivity index (χ3v) is 6.62. The maximum Gasteiger partial charge on any atom is 0.327 e. The number of likely N-dealkylation sites (tertiary alicyclic amines) is 1. The molecule has 0 bridgehead atoms. The van der Waals surface area contributed by atoms with E-state index in [0.29, 0.717) is 11.3 Å². The highest BCUT2D eigenvalue weighted by atomic mass is 16.5. The van der Waals surface area contributed by atoms with Crippen LogP contribution in [0, 0.1) is 11.8 Å². The Kier molecular flexibility index (Phi) is 6.22. The predicted molar refractivity (Wildman–Crippen MR) is 124 cm³/mol. The summed E-state index contributed by atoms with van der Waals surface area (Å²) in [5.41, 5.74) is -1.07. The number of methoxy groups -OCH3 is 1. The van der Waals surface area contributed by atoms with Gasteiger partial charge in [0.05, 0.1) is 32.2 Å². The fourth-order valence-electron chi connectivity index (χ4n) is 5.15. The molecule has 8 nitrogen and oxygen atoms in total. The van der Waals surface area contributed by atoms with Crippen molar-refractivity contribution in [2.75, 3.05) is 13.7 Å². The van der Waals surface area contributed by atoms with Crippen LogP contribution in [0.1, 0.15) is 37.9 Å². The number of carbonyl (C=O) groups excluding carboxylic acids is 2. The minimum Gasteiger partial charge on any atom is -0.496 e. The van der Waals surface area contributed by atoms with Crippen molar-refractivity contribution in [2.45, 2.75) is 44.5 Å². The molecule has 0 radical (unpaired) electrons. The lowest BCUT2D eigenvalue weighted by molar-refractivity contribution is -0.156. The number of benzene rings is 2. The van der Waals surface area contributed by atoms with E-state index in [1.54, 1.807) is 45.0 Å². The molecule has 180 valence electrons. The fraction of sp³-hybridized carbons (Fsp3) is 0.423. The summed E-state index contributed by atoms with van der Waals surface area (Å²) < 4.78 is 11.4. The maximum atomic E-state index is 13.6. The summed E-state index contributed by atoms with van der Waals surface area (Å²) in [6.07, 6.45) is 0. The molecule has 4 atom stereocenters. The standard InChI is InChI=1S/C26H30N2O6/c1-25(2,3)28-22(29)19-20(23(28)30)26(24(31)32,15-34-14-16-10-6-5-7-11-16)27-21(19)17-12-8-9-13-18(17)33-4/h5-13,19-21,27H,14-15H2,1-4H3,(H,31,32). The van der Waals surface area contributed by atoms with E-state index in [4.69, 9.17) is 9.47 Å². The average Bonchev–Trinajstić information content (AvgIpc) is 3.28. The number of aliphatic carboxylic acids is 1. The third-order valence-electron chi connectivity index (χ3n) is 6.62. The molecule has 0 aliphatic carbocycles. The van der Waals surface area contributed by atoms with E-state index in [2.05, 4.69) is 5.32 Å². The van der Waals surface area contributed by atoms with Crippen molar-refractivity contribution >= 4 is 17.8 Å². The number of imide groups is 1. The fourth-order valence-corrected chi connectivity index (χ4v) is 5.15. The molecule has 0 saturated carbocycles. The van der Waals surface area contributed by atoms with Crippen molar-refractivity contribution in [1.29, 1.82) is 0 Å². The minimum absolute atomic E-state index is 0.180. The van der Waals surface area contributed by atoms with Crippen LogP contribution in [0.2, 0.25) is 0 Å². The lowest BCUT2D eigenvalue weighted by Crippen LogP contribution is -2.60.